The summed E-state index contributed by atoms with van der Waals surface area (Å²) in [6.07, 6.45) is 2.10. The Morgan fingerprint density at radius 2 is 2.05 bits per heavy atom. The minimum absolute atomic E-state index is 0. The first kappa shape index (κ1) is 20.8. The molecule has 1 aromatic rings. The SMILES string of the molecule is CCC(CC)(CC(=O)OC)NC(=O)c1csc(CCN)n1.Cl. The van der Waals surface area contributed by atoms with Crippen LogP contribution >= 0.6 is 23.7 Å². The standard InChI is InChI=1S/C14H23N3O3S.ClH/c1-4-14(5-2,8-12(18)20-3)17-13(19)10-9-21-11(16-10)6-7-15;/h9H,4-8,15H2,1-3H3,(H,17,19);1H. The maximum Gasteiger partial charge on any atom is 0.307 e. The van der Waals surface area contributed by atoms with Gasteiger partial charge in [0, 0.05) is 11.8 Å². The molecular formula is C14H24ClN3O3S. The number of rotatable bonds is 8. The summed E-state index contributed by atoms with van der Waals surface area (Å²) in [4.78, 5) is 28.1. The van der Waals surface area contributed by atoms with E-state index in [-0.39, 0.29) is 30.7 Å². The number of methoxy groups -OCH3 is 1. The molecule has 1 aromatic heterocycles. The predicted molar refractivity (Wildman–Crippen MR) is 89.5 cm³/mol. The second-order valence-corrected chi connectivity index (χ2v) is 5.80. The van der Waals surface area contributed by atoms with Crippen LogP contribution in [0.25, 0.3) is 0 Å². The fourth-order valence-corrected chi connectivity index (χ4v) is 2.82. The summed E-state index contributed by atoms with van der Waals surface area (Å²) >= 11 is 1.42. The van der Waals surface area contributed by atoms with E-state index in [0.717, 1.165) is 5.01 Å². The molecule has 6 nitrogen and oxygen atoms in total. The van der Waals surface area contributed by atoms with Gasteiger partial charge in [-0.3, -0.25) is 9.59 Å². The van der Waals surface area contributed by atoms with Crippen molar-refractivity contribution in [3.05, 3.63) is 16.1 Å². The Hall–Kier alpha value is -1.18. The molecule has 8 heteroatoms. The molecule has 22 heavy (non-hydrogen) atoms. The average Bonchev–Trinajstić information content (AvgIpc) is 2.95. The lowest BCUT2D eigenvalue weighted by Gasteiger charge is -2.31. The van der Waals surface area contributed by atoms with Crippen molar-refractivity contribution in [3.8, 4) is 0 Å². The number of nitrogens with two attached hydrogens (primary N) is 1. The minimum atomic E-state index is -0.595. The van der Waals surface area contributed by atoms with Gasteiger partial charge in [-0.2, -0.15) is 0 Å². The summed E-state index contributed by atoms with van der Waals surface area (Å²) in [6.45, 7) is 4.38. The molecule has 0 unspecified atom stereocenters. The van der Waals surface area contributed by atoms with E-state index in [9.17, 15) is 9.59 Å². The molecule has 0 spiro atoms. The van der Waals surface area contributed by atoms with Crippen LogP contribution in [0.15, 0.2) is 5.38 Å². The third-order valence-electron chi connectivity index (χ3n) is 3.59. The highest BCUT2D eigenvalue weighted by Gasteiger charge is 2.32. The van der Waals surface area contributed by atoms with Crippen LogP contribution < -0.4 is 11.1 Å². The number of halogens is 1. The molecule has 1 amide bonds. The summed E-state index contributed by atoms with van der Waals surface area (Å²) < 4.78 is 4.72. The molecule has 0 fully saturated rings. The molecule has 3 N–H and O–H groups in total. The van der Waals surface area contributed by atoms with E-state index in [2.05, 4.69) is 10.3 Å². The molecule has 0 radical (unpaired) electrons. The van der Waals surface area contributed by atoms with Gasteiger partial charge in [-0.15, -0.1) is 23.7 Å². The monoisotopic (exact) mass is 349 g/mol. The Bertz CT molecular complexity index is 489. The van der Waals surface area contributed by atoms with Crippen molar-refractivity contribution in [2.24, 2.45) is 5.73 Å². The first-order valence-corrected chi connectivity index (χ1v) is 7.92. The normalized spacial score (nSPS) is 10.7. The lowest BCUT2D eigenvalue weighted by atomic mass is 9.89. The van der Waals surface area contributed by atoms with Crippen LogP contribution in [0.2, 0.25) is 0 Å². The Morgan fingerprint density at radius 1 is 1.41 bits per heavy atom. The van der Waals surface area contributed by atoms with Crippen molar-refractivity contribution < 1.29 is 14.3 Å². The van der Waals surface area contributed by atoms with Gasteiger partial charge < -0.3 is 15.8 Å². The highest BCUT2D eigenvalue weighted by Crippen LogP contribution is 2.21. The molecule has 0 aliphatic heterocycles. The van der Waals surface area contributed by atoms with Crippen molar-refractivity contribution in [2.45, 2.75) is 45.1 Å². The summed E-state index contributed by atoms with van der Waals surface area (Å²) in [5.74, 6) is -0.594. The molecule has 1 heterocycles. The van der Waals surface area contributed by atoms with E-state index in [0.29, 0.717) is 31.5 Å². The van der Waals surface area contributed by atoms with E-state index in [4.69, 9.17) is 10.5 Å². The number of nitrogens with one attached hydrogen (secondary N) is 1. The fraction of sp³-hybridized carbons (Fsp3) is 0.643. The predicted octanol–water partition coefficient (Wildman–Crippen LogP) is 1.92. The topological polar surface area (TPSA) is 94.3 Å². The van der Waals surface area contributed by atoms with Crippen LogP contribution in [-0.2, 0) is 16.0 Å². The quantitative estimate of drug-likeness (QED) is 0.699. The number of esters is 1. The highest BCUT2D eigenvalue weighted by atomic mass is 35.5. The Balaban J connectivity index is 0.00000441. The number of hydrogen-bond donors (Lipinski definition) is 2. The molecule has 0 aromatic carbocycles. The van der Waals surface area contributed by atoms with Gasteiger partial charge in [0.2, 0.25) is 0 Å². The number of amides is 1. The molecule has 1 rings (SSSR count). The maximum absolute atomic E-state index is 12.3. The van der Waals surface area contributed by atoms with Gasteiger partial charge >= 0.3 is 5.97 Å². The third-order valence-corrected chi connectivity index (χ3v) is 4.49. The number of thiazole rings is 1. The average molecular weight is 350 g/mol. The number of ether oxygens (including phenoxy) is 1. The molecule has 0 atom stereocenters. The van der Waals surface area contributed by atoms with Gasteiger partial charge in [-0.05, 0) is 19.4 Å². The first-order chi connectivity index (χ1) is 10.00. The molecular weight excluding hydrogens is 326 g/mol. The first-order valence-electron chi connectivity index (χ1n) is 7.04. The zero-order chi connectivity index (χ0) is 15.9. The third kappa shape index (κ3) is 5.55. The minimum Gasteiger partial charge on any atom is -0.469 e. The van der Waals surface area contributed by atoms with Crippen molar-refractivity contribution >= 4 is 35.6 Å². The van der Waals surface area contributed by atoms with Crippen LogP contribution in [0.1, 0.15) is 48.6 Å². The van der Waals surface area contributed by atoms with Crippen LogP contribution in [0, 0.1) is 0 Å². The number of hydrogen-bond acceptors (Lipinski definition) is 6. The Labute approximate surface area is 141 Å². The Kier molecular flexibility index (Phi) is 9.24. The van der Waals surface area contributed by atoms with Gasteiger partial charge in [0.15, 0.2) is 0 Å². The van der Waals surface area contributed by atoms with Gasteiger partial charge in [0.05, 0.1) is 24.1 Å². The van der Waals surface area contributed by atoms with Crippen molar-refractivity contribution in [2.75, 3.05) is 13.7 Å². The second-order valence-electron chi connectivity index (χ2n) is 4.86. The maximum atomic E-state index is 12.3. The smallest absolute Gasteiger partial charge is 0.307 e. The van der Waals surface area contributed by atoms with E-state index in [1.54, 1.807) is 5.38 Å². The Morgan fingerprint density at radius 3 is 2.55 bits per heavy atom. The number of aromatic nitrogens is 1. The van der Waals surface area contributed by atoms with E-state index < -0.39 is 5.54 Å². The fourth-order valence-electron chi connectivity index (χ4n) is 2.03. The largest absolute Gasteiger partial charge is 0.469 e. The van der Waals surface area contributed by atoms with Crippen molar-refractivity contribution in [1.29, 1.82) is 0 Å². The molecule has 0 aliphatic carbocycles. The van der Waals surface area contributed by atoms with Gasteiger partial charge in [0.25, 0.3) is 5.91 Å². The summed E-state index contributed by atoms with van der Waals surface area (Å²) in [5.41, 5.74) is 5.25. The van der Waals surface area contributed by atoms with Gasteiger partial charge in [-0.25, -0.2) is 4.98 Å². The number of nitrogens with zero attached hydrogens (tertiary/aromatic N) is 1. The zero-order valence-electron chi connectivity index (χ0n) is 13.2. The van der Waals surface area contributed by atoms with Crippen LogP contribution in [-0.4, -0.2) is 36.1 Å². The van der Waals surface area contributed by atoms with Crippen molar-refractivity contribution in [3.63, 3.8) is 0 Å². The van der Waals surface area contributed by atoms with Crippen molar-refractivity contribution in [1.82, 2.24) is 10.3 Å². The van der Waals surface area contributed by atoms with Gasteiger partial charge in [-0.1, -0.05) is 13.8 Å². The zero-order valence-corrected chi connectivity index (χ0v) is 14.8. The lowest BCUT2D eigenvalue weighted by molar-refractivity contribution is -0.142. The summed E-state index contributed by atoms with van der Waals surface area (Å²) in [5, 5.41) is 5.50. The second kappa shape index (κ2) is 9.76. The summed E-state index contributed by atoms with van der Waals surface area (Å²) in [6, 6.07) is 0. The van der Waals surface area contributed by atoms with Crippen LogP contribution in [0.3, 0.4) is 0 Å². The highest BCUT2D eigenvalue weighted by molar-refractivity contribution is 7.09. The van der Waals surface area contributed by atoms with Crippen LogP contribution in [0.4, 0.5) is 0 Å². The summed E-state index contributed by atoms with van der Waals surface area (Å²) in [7, 11) is 1.35. The van der Waals surface area contributed by atoms with Gasteiger partial charge in [0.1, 0.15) is 5.69 Å². The molecule has 0 bridgehead atoms. The van der Waals surface area contributed by atoms with E-state index >= 15 is 0 Å². The molecule has 0 saturated carbocycles. The molecule has 0 aliphatic rings. The number of carbonyl (C=O) groups excluding carboxylic acids is 2. The lowest BCUT2D eigenvalue weighted by Crippen LogP contribution is -2.49. The molecule has 126 valence electrons. The molecule has 0 saturated heterocycles. The van der Waals surface area contributed by atoms with Crippen LogP contribution in [0.5, 0.6) is 0 Å². The number of carbonyl (C=O) groups is 2. The van der Waals surface area contributed by atoms with E-state index in [1.165, 1.54) is 18.4 Å². The van der Waals surface area contributed by atoms with E-state index in [1.807, 2.05) is 13.8 Å².